The molecule has 1 unspecified atom stereocenters. The second-order valence-electron chi connectivity index (χ2n) is 8.76. The van der Waals surface area contributed by atoms with E-state index in [1.54, 1.807) is 66.9 Å². The highest BCUT2D eigenvalue weighted by Gasteiger charge is 2.47. The zero-order valence-corrected chi connectivity index (χ0v) is 21.4. The summed E-state index contributed by atoms with van der Waals surface area (Å²) < 4.78 is 16.6. The number of aromatic nitrogens is 1. The number of aliphatic hydroxyl groups excluding tert-OH is 1. The quantitative estimate of drug-likeness (QED) is 0.190. The molecule has 4 aromatic rings. The van der Waals surface area contributed by atoms with E-state index in [1.807, 2.05) is 30.3 Å². The predicted octanol–water partition coefficient (Wildman–Crippen LogP) is 5.30. The third kappa shape index (κ3) is 5.04. The molecule has 39 heavy (non-hydrogen) atoms. The molecule has 2 heterocycles. The van der Waals surface area contributed by atoms with Gasteiger partial charge in [-0.3, -0.25) is 19.5 Å². The minimum Gasteiger partial charge on any atom is -0.507 e. The third-order valence-corrected chi connectivity index (χ3v) is 6.44. The monoisotopic (exact) mass is 522 g/mol. The number of amides is 1. The van der Waals surface area contributed by atoms with Gasteiger partial charge in [-0.15, -0.1) is 0 Å². The predicted molar refractivity (Wildman–Crippen MR) is 146 cm³/mol. The molecule has 1 aromatic heterocycles. The van der Waals surface area contributed by atoms with Crippen molar-refractivity contribution < 1.29 is 28.9 Å². The molecule has 3 aromatic carbocycles. The molecule has 0 radical (unpaired) electrons. The Morgan fingerprint density at radius 1 is 0.872 bits per heavy atom. The number of aliphatic hydroxyl groups is 1. The van der Waals surface area contributed by atoms with E-state index in [1.165, 1.54) is 19.1 Å². The van der Waals surface area contributed by atoms with Crippen LogP contribution in [-0.4, -0.2) is 36.0 Å². The zero-order valence-electron chi connectivity index (χ0n) is 21.4. The van der Waals surface area contributed by atoms with Crippen LogP contribution in [0, 0.1) is 0 Å². The summed E-state index contributed by atoms with van der Waals surface area (Å²) in [5.41, 5.74) is 2.02. The van der Waals surface area contributed by atoms with Crippen LogP contribution in [0.3, 0.4) is 0 Å². The van der Waals surface area contributed by atoms with E-state index in [2.05, 4.69) is 4.98 Å². The lowest BCUT2D eigenvalue weighted by molar-refractivity contribution is -0.132. The Balaban J connectivity index is 1.56. The molecular weight excluding hydrogens is 496 g/mol. The van der Waals surface area contributed by atoms with Gasteiger partial charge in [0, 0.05) is 11.9 Å². The van der Waals surface area contributed by atoms with Crippen molar-refractivity contribution in [2.45, 2.75) is 12.6 Å². The Kier molecular flexibility index (Phi) is 7.27. The number of benzene rings is 3. The number of methoxy groups -OCH3 is 2. The van der Waals surface area contributed by atoms with Gasteiger partial charge in [0.15, 0.2) is 0 Å². The van der Waals surface area contributed by atoms with Crippen LogP contribution < -0.4 is 19.1 Å². The Hall–Kier alpha value is -5.11. The van der Waals surface area contributed by atoms with Crippen LogP contribution in [0.1, 0.15) is 22.9 Å². The maximum absolute atomic E-state index is 13.4. The lowest BCUT2D eigenvalue weighted by Gasteiger charge is -2.25. The first-order chi connectivity index (χ1) is 19.0. The first-order valence-electron chi connectivity index (χ1n) is 12.2. The fourth-order valence-corrected chi connectivity index (χ4v) is 4.50. The van der Waals surface area contributed by atoms with Gasteiger partial charge in [-0.25, -0.2) is 0 Å². The summed E-state index contributed by atoms with van der Waals surface area (Å²) in [7, 11) is 2.94. The van der Waals surface area contributed by atoms with E-state index in [0.29, 0.717) is 35.2 Å². The zero-order chi connectivity index (χ0) is 27.4. The number of ketones is 1. The summed E-state index contributed by atoms with van der Waals surface area (Å²) in [6.07, 6.45) is 1.57. The fourth-order valence-electron chi connectivity index (χ4n) is 4.50. The summed E-state index contributed by atoms with van der Waals surface area (Å²) in [5.74, 6) is -0.629. The van der Waals surface area contributed by atoms with Crippen molar-refractivity contribution in [2.75, 3.05) is 19.1 Å². The van der Waals surface area contributed by atoms with Gasteiger partial charge in [-0.1, -0.05) is 36.4 Å². The summed E-state index contributed by atoms with van der Waals surface area (Å²) in [6, 6.07) is 25.7. The van der Waals surface area contributed by atoms with E-state index in [4.69, 9.17) is 14.2 Å². The molecule has 196 valence electrons. The highest BCUT2D eigenvalue weighted by molar-refractivity contribution is 6.51. The maximum atomic E-state index is 13.4. The molecule has 1 fully saturated rings. The minimum absolute atomic E-state index is 0.102. The number of ether oxygens (including phenoxy) is 3. The van der Waals surface area contributed by atoms with E-state index in [9.17, 15) is 14.7 Å². The first-order valence-corrected chi connectivity index (χ1v) is 12.2. The summed E-state index contributed by atoms with van der Waals surface area (Å²) in [4.78, 5) is 32.6. The van der Waals surface area contributed by atoms with Gasteiger partial charge in [0.2, 0.25) is 0 Å². The molecule has 1 aliphatic heterocycles. The fraction of sp³-hybridized carbons (Fsp3) is 0.129. The van der Waals surface area contributed by atoms with Gasteiger partial charge in [-0.05, 0) is 60.2 Å². The van der Waals surface area contributed by atoms with Gasteiger partial charge in [-0.2, -0.15) is 0 Å². The number of rotatable bonds is 8. The molecular formula is C31H26N2O6. The largest absolute Gasteiger partial charge is 0.507 e. The summed E-state index contributed by atoms with van der Waals surface area (Å²) in [6.45, 7) is 0.390. The number of anilines is 1. The van der Waals surface area contributed by atoms with Gasteiger partial charge in [0.1, 0.15) is 35.7 Å². The number of hydrogen-bond donors (Lipinski definition) is 1. The van der Waals surface area contributed by atoms with Crippen LogP contribution in [0.4, 0.5) is 5.69 Å². The van der Waals surface area contributed by atoms with Crippen molar-refractivity contribution in [2.24, 2.45) is 0 Å². The third-order valence-electron chi connectivity index (χ3n) is 6.44. The van der Waals surface area contributed by atoms with Gasteiger partial charge >= 0.3 is 0 Å². The van der Waals surface area contributed by atoms with E-state index < -0.39 is 17.7 Å². The number of pyridine rings is 1. The summed E-state index contributed by atoms with van der Waals surface area (Å²) in [5, 5.41) is 11.5. The smallest absolute Gasteiger partial charge is 0.300 e. The normalized spacial score (nSPS) is 16.3. The molecule has 0 bridgehead atoms. The van der Waals surface area contributed by atoms with Crippen LogP contribution in [-0.2, 0) is 16.2 Å². The van der Waals surface area contributed by atoms with Crippen LogP contribution in [0.2, 0.25) is 0 Å². The Bertz CT molecular complexity index is 1520. The SMILES string of the molecule is COc1ccc(OC)c(/C(O)=C2\C(=O)C(=O)N(c3ccc(OCc4ccccc4)cc3)C2c2ccccn2)c1. The molecule has 0 saturated carbocycles. The molecule has 0 spiro atoms. The number of nitrogens with zero attached hydrogens (tertiary/aromatic N) is 2. The average molecular weight is 523 g/mol. The molecule has 5 rings (SSSR count). The first kappa shape index (κ1) is 25.5. The van der Waals surface area contributed by atoms with E-state index in [0.717, 1.165) is 5.56 Å². The molecule has 1 N–H and O–H groups in total. The molecule has 1 atom stereocenters. The average Bonchev–Trinajstić information content (AvgIpc) is 3.26. The summed E-state index contributed by atoms with van der Waals surface area (Å²) >= 11 is 0. The molecule has 1 aliphatic rings. The molecule has 0 aliphatic carbocycles. The van der Waals surface area contributed by atoms with Crippen LogP contribution >= 0.6 is 0 Å². The Morgan fingerprint density at radius 2 is 1.59 bits per heavy atom. The molecule has 8 heteroatoms. The van der Waals surface area contributed by atoms with Crippen molar-refractivity contribution in [3.05, 3.63) is 120 Å². The molecule has 1 amide bonds. The van der Waals surface area contributed by atoms with E-state index in [-0.39, 0.29) is 16.9 Å². The second-order valence-corrected chi connectivity index (χ2v) is 8.76. The maximum Gasteiger partial charge on any atom is 0.300 e. The Labute approximate surface area is 225 Å². The van der Waals surface area contributed by atoms with Crippen LogP contribution in [0.25, 0.3) is 5.76 Å². The van der Waals surface area contributed by atoms with Gasteiger partial charge in [0.05, 0.1) is 31.1 Å². The minimum atomic E-state index is -0.974. The van der Waals surface area contributed by atoms with Crippen molar-refractivity contribution >= 4 is 23.1 Å². The Morgan fingerprint density at radius 3 is 2.26 bits per heavy atom. The van der Waals surface area contributed by atoms with Crippen molar-refractivity contribution in [1.82, 2.24) is 4.98 Å². The van der Waals surface area contributed by atoms with Gasteiger partial charge in [0.25, 0.3) is 11.7 Å². The number of hydrogen-bond acceptors (Lipinski definition) is 7. The van der Waals surface area contributed by atoms with E-state index >= 15 is 0 Å². The van der Waals surface area contributed by atoms with Gasteiger partial charge < -0.3 is 19.3 Å². The number of carbonyl (C=O) groups excluding carboxylic acids is 2. The topological polar surface area (TPSA) is 98.2 Å². The van der Waals surface area contributed by atoms with Crippen LogP contribution in [0.15, 0.2) is 103 Å². The second kappa shape index (κ2) is 11.1. The van der Waals surface area contributed by atoms with Crippen molar-refractivity contribution in [1.29, 1.82) is 0 Å². The standard InChI is InChI=1S/C31H26N2O6/c1-37-23-15-16-26(38-2)24(18-23)29(34)27-28(25-10-6-7-17-32-25)33(31(36)30(27)35)21-11-13-22(14-12-21)39-19-20-8-4-3-5-9-20/h3-18,28,34H,19H2,1-2H3/b29-27+. The highest BCUT2D eigenvalue weighted by atomic mass is 16.5. The van der Waals surface area contributed by atoms with Crippen LogP contribution in [0.5, 0.6) is 17.2 Å². The molecule has 1 saturated heterocycles. The number of Topliss-reactive ketones (excluding diaryl/α,β-unsaturated/α-hetero) is 1. The highest BCUT2D eigenvalue weighted by Crippen LogP contribution is 2.43. The molecule has 8 nitrogen and oxygen atoms in total. The lowest BCUT2D eigenvalue weighted by Crippen LogP contribution is -2.29. The number of carbonyl (C=O) groups is 2. The van der Waals surface area contributed by atoms with Crippen molar-refractivity contribution in [3.8, 4) is 17.2 Å². The lowest BCUT2D eigenvalue weighted by atomic mass is 9.97. The van der Waals surface area contributed by atoms with Crippen molar-refractivity contribution in [3.63, 3.8) is 0 Å².